The molecule has 0 radical (unpaired) electrons. The minimum Gasteiger partial charge on any atom is -0.508 e. The highest BCUT2D eigenvalue weighted by Crippen LogP contribution is 2.14. The van der Waals surface area contributed by atoms with E-state index in [-0.39, 0.29) is 34.6 Å². The van der Waals surface area contributed by atoms with Crippen LogP contribution in [-0.2, 0) is 4.74 Å². The van der Waals surface area contributed by atoms with Gasteiger partial charge in [0.2, 0.25) is 0 Å². The number of halogens is 1. The van der Waals surface area contributed by atoms with Gasteiger partial charge in [0.05, 0.1) is 19.3 Å². The van der Waals surface area contributed by atoms with Crippen LogP contribution in [0.25, 0.3) is 0 Å². The van der Waals surface area contributed by atoms with Crippen LogP contribution in [0.5, 0.6) is 5.75 Å². The van der Waals surface area contributed by atoms with Crippen molar-refractivity contribution in [3.8, 4) is 5.75 Å². The minimum absolute atomic E-state index is 0. The molecule has 0 amide bonds. The quantitative estimate of drug-likeness (QED) is 0.865. The van der Waals surface area contributed by atoms with Crippen LogP contribution in [0, 0.1) is 0 Å². The molecule has 100 valence electrons. The molecule has 18 heavy (non-hydrogen) atoms. The number of phenolic OH excluding ortho intramolecular Hbond substituents is 1. The van der Waals surface area contributed by atoms with Gasteiger partial charge in [0, 0.05) is 18.7 Å². The average Bonchev–Trinajstić information content (AvgIpc) is 2.39. The van der Waals surface area contributed by atoms with Gasteiger partial charge in [-0.05, 0) is 31.2 Å². The molecule has 2 rings (SSSR count). The highest BCUT2D eigenvalue weighted by molar-refractivity contribution is 8.93. The number of hydrogen-bond donors (Lipinski definition) is 1. The highest BCUT2D eigenvalue weighted by atomic mass is 79.9. The summed E-state index contributed by atoms with van der Waals surface area (Å²) in [5.74, 6) is 0.271. The van der Waals surface area contributed by atoms with Gasteiger partial charge in [-0.3, -0.25) is 9.69 Å². The first-order chi connectivity index (χ1) is 8.18. The van der Waals surface area contributed by atoms with E-state index in [1.165, 1.54) is 0 Å². The summed E-state index contributed by atoms with van der Waals surface area (Å²) >= 11 is 0. The van der Waals surface area contributed by atoms with Crippen molar-refractivity contribution < 1.29 is 14.6 Å². The lowest BCUT2D eigenvalue weighted by Gasteiger charge is -2.31. The first-order valence-electron chi connectivity index (χ1n) is 5.83. The first kappa shape index (κ1) is 15.1. The zero-order valence-corrected chi connectivity index (χ0v) is 12.0. The van der Waals surface area contributed by atoms with Crippen molar-refractivity contribution >= 4 is 22.8 Å². The Bertz CT molecular complexity index is 388. The van der Waals surface area contributed by atoms with E-state index in [9.17, 15) is 9.90 Å². The number of ketones is 1. The Labute approximate surface area is 117 Å². The van der Waals surface area contributed by atoms with E-state index < -0.39 is 0 Å². The molecule has 1 aliphatic heterocycles. The second-order valence-electron chi connectivity index (χ2n) is 4.24. The Morgan fingerprint density at radius 3 is 2.39 bits per heavy atom. The second-order valence-corrected chi connectivity index (χ2v) is 4.24. The molecule has 1 aromatic rings. The lowest BCUT2D eigenvalue weighted by molar-refractivity contribution is 0.0208. The molecule has 1 fully saturated rings. The van der Waals surface area contributed by atoms with Gasteiger partial charge < -0.3 is 9.84 Å². The average molecular weight is 316 g/mol. The van der Waals surface area contributed by atoms with Gasteiger partial charge >= 0.3 is 0 Å². The van der Waals surface area contributed by atoms with Crippen molar-refractivity contribution in [2.24, 2.45) is 0 Å². The van der Waals surface area contributed by atoms with Gasteiger partial charge in [-0.15, -0.1) is 17.0 Å². The lowest BCUT2D eigenvalue weighted by Crippen LogP contribution is -2.45. The summed E-state index contributed by atoms with van der Waals surface area (Å²) in [7, 11) is 0. The number of aromatic hydroxyl groups is 1. The Morgan fingerprint density at radius 2 is 1.83 bits per heavy atom. The van der Waals surface area contributed by atoms with E-state index in [0.717, 1.165) is 13.1 Å². The molecule has 4 nitrogen and oxygen atoms in total. The zero-order chi connectivity index (χ0) is 12.3. The lowest BCUT2D eigenvalue weighted by atomic mass is 10.0. The topological polar surface area (TPSA) is 49.8 Å². The normalized spacial score (nSPS) is 17.8. The number of rotatable bonds is 3. The Morgan fingerprint density at radius 1 is 1.28 bits per heavy atom. The predicted octanol–water partition coefficient (Wildman–Crippen LogP) is 1.87. The largest absolute Gasteiger partial charge is 0.508 e. The third kappa shape index (κ3) is 3.54. The van der Waals surface area contributed by atoms with Crippen LogP contribution < -0.4 is 0 Å². The van der Waals surface area contributed by atoms with Crippen molar-refractivity contribution in [2.75, 3.05) is 26.3 Å². The van der Waals surface area contributed by atoms with Crippen molar-refractivity contribution in [3.63, 3.8) is 0 Å². The van der Waals surface area contributed by atoms with E-state index >= 15 is 0 Å². The summed E-state index contributed by atoms with van der Waals surface area (Å²) in [6, 6.07) is 6.27. The molecule has 0 bridgehead atoms. The molecule has 0 saturated carbocycles. The van der Waals surface area contributed by atoms with Gasteiger partial charge in [0.15, 0.2) is 5.78 Å². The standard InChI is InChI=1S/C13H17NO3.BrH/c1-10(14-6-8-17-9-7-14)13(16)11-2-4-12(15)5-3-11;/h2-5,10,15H,6-9H2,1H3;1H. The molecule has 0 aliphatic carbocycles. The third-order valence-corrected chi connectivity index (χ3v) is 3.12. The molecule has 1 atom stereocenters. The van der Waals surface area contributed by atoms with E-state index in [4.69, 9.17) is 4.74 Å². The zero-order valence-electron chi connectivity index (χ0n) is 10.3. The van der Waals surface area contributed by atoms with Gasteiger partial charge in [-0.2, -0.15) is 0 Å². The van der Waals surface area contributed by atoms with Gasteiger partial charge in [0.25, 0.3) is 0 Å². The molecule has 1 unspecified atom stereocenters. The predicted molar refractivity (Wildman–Crippen MR) is 74.6 cm³/mol. The molecule has 1 N–H and O–H groups in total. The molecule has 5 heteroatoms. The fourth-order valence-corrected chi connectivity index (χ4v) is 2.00. The number of ether oxygens (including phenoxy) is 1. The summed E-state index contributed by atoms with van der Waals surface area (Å²) in [6.07, 6.45) is 0. The molecular formula is C13H18BrNO3. The van der Waals surface area contributed by atoms with Crippen molar-refractivity contribution in [2.45, 2.75) is 13.0 Å². The van der Waals surface area contributed by atoms with Crippen LogP contribution in [0.2, 0.25) is 0 Å². The van der Waals surface area contributed by atoms with Crippen LogP contribution in [0.4, 0.5) is 0 Å². The number of morpholine rings is 1. The molecule has 1 saturated heterocycles. The van der Waals surface area contributed by atoms with Crippen molar-refractivity contribution in [3.05, 3.63) is 29.8 Å². The Kier molecular flexibility index (Phi) is 5.78. The summed E-state index contributed by atoms with van der Waals surface area (Å²) in [5.41, 5.74) is 0.641. The number of phenols is 1. The number of nitrogens with zero attached hydrogens (tertiary/aromatic N) is 1. The van der Waals surface area contributed by atoms with E-state index in [2.05, 4.69) is 4.90 Å². The fraction of sp³-hybridized carbons (Fsp3) is 0.462. The van der Waals surface area contributed by atoms with Crippen molar-refractivity contribution in [1.29, 1.82) is 0 Å². The van der Waals surface area contributed by atoms with Crippen LogP contribution in [0.15, 0.2) is 24.3 Å². The Hall–Kier alpha value is -0.910. The number of hydrogen-bond acceptors (Lipinski definition) is 4. The maximum absolute atomic E-state index is 12.2. The number of benzene rings is 1. The van der Waals surface area contributed by atoms with Crippen LogP contribution >= 0.6 is 17.0 Å². The maximum atomic E-state index is 12.2. The molecule has 1 aromatic carbocycles. The van der Waals surface area contributed by atoms with Gasteiger partial charge in [-0.25, -0.2) is 0 Å². The SMILES string of the molecule is Br.CC(C(=O)c1ccc(O)cc1)N1CCOCC1. The molecule has 0 spiro atoms. The molecular weight excluding hydrogens is 298 g/mol. The summed E-state index contributed by atoms with van der Waals surface area (Å²) in [6.45, 7) is 4.89. The number of carbonyl (C=O) groups excluding carboxylic acids is 1. The smallest absolute Gasteiger partial charge is 0.179 e. The van der Waals surface area contributed by atoms with Crippen LogP contribution in [0.1, 0.15) is 17.3 Å². The number of carbonyl (C=O) groups is 1. The molecule has 1 aliphatic rings. The third-order valence-electron chi connectivity index (χ3n) is 3.12. The summed E-state index contributed by atoms with van der Waals surface area (Å²) in [4.78, 5) is 14.3. The van der Waals surface area contributed by atoms with Gasteiger partial charge in [0.1, 0.15) is 5.75 Å². The van der Waals surface area contributed by atoms with Crippen molar-refractivity contribution in [1.82, 2.24) is 4.90 Å². The highest BCUT2D eigenvalue weighted by Gasteiger charge is 2.23. The molecule has 1 heterocycles. The maximum Gasteiger partial charge on any atom is 0.179 e. The van der Waals surface area contributed by atoms with Crippen LogP contribution in [0.3, 0.4) is 0 Å². The van der Waals surface area contributed by atoms with E-state index in [0.29, 0.717) is 18.8 Å². The van der Waals surface area contributed by atoms with Crippen LogP contribution in [-0.4, -0.2) is 48.1 Å². The molecule has 0 aromatic heterocycles. The minimum atomic E-state index is -0.136. The van der Waals surface area contributed by atoms with E-state index in [1.54, 1.807) is 24.3 Å². The Balaban J connectivity index is 0.00000162. The summed E-state index contributed by atoms with van der Waals surface area (Å²) < 4.78 is 5.27. The number of Topliss-reactive ketones (excluding diaryl/α,β-unsaturated/α-hetero) is 1. The monoisotopic (exact) mass is 315 g/mol. The first-order valence-corrected chi connectivity index (χ1v) is 5.83. The summed E-state index contributed by atoms with van der Waals surface area (Å²) in [5, 5.41) is 9.19. The second kappa shape index (κ2) is 6.87. The van der Waals surface area contributed by atoms with Gasteiger partial charge in [-0.1, -0.05) is 0 Å². The fourth-order valence-electron chi connectivity index (χ4n) is 2.00. The van der Waals surface area contributed by atoms with E-state index in [1.807, 2.05) is 6.92 Å².